The Labute approximate surface area is 110 Å². The molecule has 0 aliphatic rings. The molecule has 0 saturated heterocycles. The lowest BCUT2D eigenvalue weighted by molar-refractivity contribution is 0.0101. The minimum Gasteiger partial charge on any atom is -0.379 e. The van der Waals surface area contributed by atoms with Crippen molar-refractivity contribution < 1.29 is 9.13 Å². The normalized spacial score (nSPS) is 13.8. The van der Waals surface area contributed by atoms with E-state index >= 15 is 0 Å². The average Bonchev–Trinajstić information content (AvgIpc) is 2.23. The molecule has 0 fully saturated rings. The third-order valence-electron chi connectivity index (χ3n) is 2.80. The molecule has 1 unspecified atom stereocenters. The van der Waals surface area contributed by atoms with Crippen molar-refractivity contribution in [1.82, 2.24) is 0 Å². The summed E-state index contributed by atoms with van der Waals surface area (Å²) in [5.74, 6) is -0.209. The number of hydrogen-bond donors (Lipinski definition) is 1. The minimum atomic E-state index is -0.276. The predicted molar refractivity (Wildman–Crippen MR) is 71.5 cm³/mol. The zero-order chi connectivity index (χ0) is 13.1. The Bertz CT molecular complexity index is 382. The van der Waals surface area contributed by atoms with Gasteiger partial charge in [-0.05, 0) is 50.5 Å². The van der Waals surface area contributed by atoms with Crippen molar-refractivity contribution in [2.24, 2.45) is 5.73 Å². The standard InChI is InChI=1S/C13H19BrFNO/c1-13(2,17-3)8-11(16)7-9-6-10(14)4-5-12(9)15/h4-6,11H,7-8,16H2,1-3H3. The molecule has 0 aromatic heterocycles. The molecule has 0 aliphatic carbocycles. The Hall–Kier alpha value is -0.450. The second-order valence-electron chi connectivity index (χ2n) is 4.87. The van der Waals surface area contributed by atoms with Crippen LogP contribution in [0.1, 0.15) is 25.8 Å². The Balaban J connectivity index is 2.68. The van der Waals surface area contributed by atoms with E-state index in [0.29, 0.717) is 18.4 Å². The van der Waals surface area contributed by atoms with Gasteiger partial charge >= 0.3 is 0 Å². The maximum atomic E-state index is 13.5. The summed E-state index contributed by atoms with van der Waals surface area (Å²) >= 11 is 3.33. The number of nitrogens with two attached hydrogens (primary N) is 1. The molecule has 1 aromatic rings. The van der Waals surface area contributed by atoms with E-state index in [4.69, 9.17) is 10.5 Å². The lowest BCUT2D eigenvalue weighted by Crippen LogP contribution is -2.35. The van der Waals surface area contributed by atoms with E-state index in [-0.39, 0.29) is 17.5 Å². The molecule has 0 saturated carbocycles. The largest absolute Gasteiger partial charge is 0.379 e. The highest BCUT2D eigenvalue weighted by atomic mass is 79.9. The van der Waals surface area contributed by atoms with Crippen molar-refractivity contribution in [3.8, 4) is 0 Å². The summed E-state index contributed by atoms with van der Waals surface area (Å²) < 4.78 is 19.7. The van der Waals surface area contributed by atoms with Crippen LogP contribution < -0.4 is 5.73 Å². The molecule has 4 heteroatoms. The van der Waals surface area contributed by atoms with Crippen molar-refractivity contribution in [3.63, 3.8) is 0 Å². The first-order valence-corrected chi connectivity index (χ1v) is 6.38. The van der Waals surface area contributed by atoms with Gasteiger partial charge in [-0.3, -0.25) is 0 Å². The summed E-state index contributed by atoms with van der Waals surface area (Å²) in [5, 5.41) is 0. The number of halogens is 2. The van der Waals surface area contributed by atoms with Crippen molar-refractivity contribution in [2.75, 3.05) is 7.11 Å². The molecule has 0 heterocycles. The SMILES string of the molecule is COC(C)(C)CC(N)Cc1cc(Br)ccc1F. The molecule has 17 heavy (non-hydrogen) atoms. The first kappa shape index (κ1) is 14.6. The van der Waals surface area contributed by atoms with Crippen molar-refractivity contribution in [2.45, 2.75) is 38.3 Å². The summed E-state index contributed by atoms with van der Waals surface area (Å²) in [6, 6.07) is 4.79. The van der Waals surface area contributed by atoms with Crippen LogP contribution in [0.5, 0.6) is 0 Å². The molecule has 0 bridgehead atoms. The second kappa shape index (κ2) is 5.94. The second-order valence-corrected chi connectivity index (χ2v) is 5.78. The highest BCUT2D eigenvalue weighted by Crippen LogP contribution is 2.20. The van der Waals surface area contributed by atoms with Gasteiger partial charge in [0.25, 0.3) is 0 Å². The zero-order valence-electron chi connectivity index (χ0n) is 10.5. The smallest absolute Gasteiger partial charge is 0.126 e. The third-order valence-corrected chi connectivity index (χ3v) is 3.29. The van der Waals surface area contributed by atoms with Gasteiger partial charge in [-0.2, -0.15) is 0 Å². The molecular weight excluding hydrogens is 285 g/mol. The third kappa shape index (κ3) is 4.74. The van der Waals surface area contributed by atoms with Gasteiger partial charge in [0.1, 0.15) is 5.82 Å². The zero-order valence-corrected chi connectivity index (χ0v) is 12.1. The maximum absolute atomic E-state index is 13.5. The molecule has 1 rings (SSSR count). The number of rotatable bonds is 5. The van der Waals surface area contributed by atoms with Gasteiger partial charge in [0.15, 0.2) is 0 Å². The van der Waals surface area contributed by atoms with E-state index in [9.17, 15) is 4.39 Å². The van der Waals surface area contributed by atoms with E-state index in [0.717, 1.165) is 4.47 Å². The van der Waals surface area contributed by atoms with E-state index in [1.165, 1.54) is 6.07 Å². The van der Waals surface area contributed by atoms with Crippen LogP contribution in [-0.4, -0.2) is 18.8 Å². The van der Waals surface area contributed by atoms with Crippen molar-refractivity contribution in [3.05, 3.63) is 34.1 Å². The fraction of sp³-hybridized carbons (Fsp3) is 0.538. The Kier molecular flexibility index (Phi) is 5.10. The molecule has 1 atom stereocenters. The Morgan fingerprint density at radius 3 is 2.71 bits per heavy atom. The van der Waals surface area contributed by atoms with E-state index < -0.39 is 0 Å². The van der Waals surface area contributed by atoms with Gasteiger partial charge < -0.3 is 10.5 Å². The van der Waals surface area contributed by atoms with Crippen molar-refractivity contribution >= 4 is 15.9 Å². The first-order valence-electron chi connectivity index (χ1n) is 5.59. The lowest BCUT2D eigenvalue weighted by Gasteiger charge is -2.26. The highest BCUT2D eigenvalue weighted by molar-refractivity contribution is 9.10. The van der Waals surface area contributed by atoms with E-state index in [1.54, 1.807) is 19.2 Å². The van der Waals surface area contributed by atoms with Gasteiger partial charge in [-0.25, -0.2) is 4.39 Å². The average molecular weight is 304 g/mol. The topological polar surface area (TPSA) is 35.2 Å². The summed E-state index contributed by atoms with van der Waals surface area (Å²) in [5.41, 5.74) is 6.39. The number of ether oxygens (including phenoxy) is 1. The summed E-state index contributed by atoms with van der Waals surface area (Å²) in [7, 11) is 1.66. The quantitative estimate of drug-likeness (QED) is 0.906. The maximum Gasteiger partial charge on any atom is 0.126 e. The number of benzene rings is 1. The summed E-state index contributed by atoms with van der Waals surface area (Å²) in [6.45, 7) is 3.95. The summed E-state index contributed by atoms with van der Waals surface area (Å²) in [6.07, 6.45) is 1.20. The molecule has 96 valence electrons. The van der Waals surface area contributed by atoms with Crippen LogP contribution in [0.2, 0.25) is 0 Å². The van der Waals surface area contributed by atoms with Crippen LogP contribution in [0.3, 0.4) is 0 Å². The molecule has 2 nitrogen and oxygen atoms in total. The van der Waals surface area contributed by atoms with E-state index in [1.807, 2.05) is 13.8 Å². The number of methoxy groups -OCH3 is 1. The van der Waals surface area contributed by atoms with Crippen LogP contribution in [0.25, 0.3) is 0 Å². The lowest BCUT2D eigenvalue weighted by atomic mass is 9.94. The molecule has 0 aliphatic heterocycles. The fourth-order valence-corrected chi connectivity index (χ4v) is 2.18. The molecule has 0 radical (unpaired) electrons. The van der Waals surface area contributed by atoms with Gasteiger partial charge in [0.05, 0.1) is 5.60 Å². The van der Waals surface area contributed by atoms with Gasteiger partial charge in [0.2, 0.25) is 0 Å². The van der Waals surface area contributed by atoms with Gasteiger partial charge in [0, 0.05) is 17.6 Å². The Morgan fingerprint density at radius 2 is 2.12 bits per heavy atom. The van der Waals surface area contributed by atoms with Gasteiger partial charge in [-0.15, -0.1) is 0 Å². The highest BCUT2D eigenvalue weighted by Gasteiger charge is 2.21. The van der Waals surface area contributed by atoms with Crippen molar-refractivity contribution in [1.29, 1.82) is 0 Å². The van der Waals surface area contributed by atoms with E-state index in [2.05, 4.69) is 15.9 Å². The van der Waals surface area contributed by atoms with Gasteiger partial charge in [-0.1, -0.05) is 15.9 Å². The Morgan fingerprint density at radius 1 is 1.47 bits per heavy atom. The molecule has 0 spiro atoms. The van der Waals surface area contributed by atoms with Crippen LogP contribution >= 0.6 is 15.9 Å². The summed E-state index contributed by atoms with van der Waals surface area (Å²) in [4.78, 5) is 0. The van der Waals surface area contributed by atoms with Crippen LogP contribution in [0, 0.1) is 5.82 Å². The van der Waals surface area contributed by atoms with Crippen LogP contribution in [0.4, 0.5) is 4.39 Å². The number of hydrogen-bond acceptors (Lipinski definition) is 2. The van der Waals surface area contributed by atoms with Crippen LogP contribution in [-0.2, 0) is 11.2 Å². The van der Waals surface area contributed by atoms with Crippen LogP contribution in [0.15, 0.2) is 22.7 Å². The predicted octanol–water partition coefficient (Wildman–Crippen LogP) is 3.27. The minimum absolute atomic E-state index is 0.117. The molecule has 0 amide bonds. The molecule has 2 N–H and O–H groups in total. The fourth-order valence-electron chi connectivity index (χ4n) is 1.77. The molecule has 1 aromatic carbocycles. The molecular formula is C13H19BrFNO. The first-order chi connectivity index (χ1) is 7.84. The monoisotopic (exact) mass is 303 g/mol.